The van der Waals surface area contributed by atoms with Gasteiger partial charge in [-0.05, 0) is 59.7 Å². The Balaban J connectivity index is 1.77. The molecule has 3 aromatic carbocycles. The Morgan fingerprint density at radius 2 is 1.69 bits per heavy atom. The number of carbonyl (C=O) groups excluding carboxylic acids is 1. The molecule has 5 nitrogen and oxygen atoms in total. The minimum absolute atomic E-state index is 0.0415. The van der Waals surface area contributed by atoms with Crippen molar-refractivity contribution in [2.75, 3.05) is 27.9 Å². The summed E-state index contributed by atoms with van der Waals surface area (Å²) >= 11 is 0. The minimum Gasteiger partial charge on any atom is -0.497 e. The van der Waals surface area contributed by atoms with Crippen LogP contribution in [0.3, 0.4) is 0 Å². The summed E-state index contributed by atoms with van der Waals surface area (Å²) in [7, 11) is 5.09. The maximum atomic E-state index is 12.9. The molecular formula is C24H27NO4. The molecule has 0 atom stereocenters. The van der Waals surface area contributed by atoms with Crippen LogP contribution in [-0.2, 0) is 17.9 Å². The SMILES string of the molecule is CCOCc1cc(C(=O)N(C)Cc2ccc3cc(OC)ccc3c2)ccc1OC. The van der Waals surface area contributed by atoms with Gasteiger partial charge in [-0.3, -0.25) is 4.79 Å². The number of hydrogen-bond donors (Lipinski definition) is 0. The van der Waals surface area contributed by atoms with Crippen molar-refractivity contribution in [1.82, 2.24) is 4.90 Å². The number of methoxy groups -OCH3 is 2. The lowest BCUT2D eigenvalue weighted by atomic mass is 10.1. The third-order valence-electron chi connectivity index (χ3n) is 4.87. The van der Waals surface area contributed by atoms with Gasteiger partial charge in [-0.1, -0.05) is 18.2 Å². The second-order valence-electron chi connectivity index (χ2n) is 6.87. The highest BCUT2D eigenvalue weighted by atomic mass is 16.5. The average molecular weight is 393 g/mol. The fraction of sp³-hybridized carbons (Fsp3) is 0.292. The number of rotatable bonds is 8. The first-order chi connectivity index (χ1) is 14.0. The van der Waals surface area contributed by atoms with Crippen LogP contribution in [0.15, 0.2) is 54.6 Å². The summed E-state index contributed by atoms with van der Waals surface area (Å²) in [5.41, 5.74) is 2.56. The quantitative estimate of drug-likeness (QED) is 0.558. The molecule has 5 heteroatoms. The molecule has 0 saturated carbocycles. The third-order valence-corrected chi connectivity index (χ3v) is 4.87. The molecular weight excluding hydrogens is 366 g/mol. The van der Waals surface area contributed by atoms with Crippen LogP contribution in [0, 0.1) is 0 Å². The lowest BCUT2D eigenvalue weighted by Gasteiger charge is -2.19. The third kappa shape index (κ3) is 4.87. The van der Waals surface area contributed by atoms with Gasteiger partial charge < -0.3 is 19.1 Å². The molecule has 0 heterocycles. The number of hydrogen-bond acceptors (Lipinski definition) is 4. The van der Waals surface area contributed by atoms with Gasteiger partial charge in [0, 0.05) is 31.3 Å². The van der Waals surface area contributed by atoms with E-state index >= 15 is 0 Å². The molecule has 0 saturated heterocycles. The first-order valence-corrected chi connectivity index (χ1v) is 9.62. The number of fused-ring (bicyclic) bond motifs is 1. The molecule has 0 aliphatic carbocycles. The highest BCUT2D eigenvalue weighted by Gasteiger charge is 2.15. The molecule has 0 radical (unpaired) electrons. The summed E-state index contributed by atoms with van der Waals surface area (Å²) in [4.78, 5) is 14.7. The summed E-state index contributed by atoms with van der Waals surface area (Å²) < 4.78 is 16.2. The molecule has 3 rings (SSSR count). The zero-order valence-corrected chi connectivity index (χ0v) is 17.4. The molecule has 0 unspecified atom stereocenters. The summed E-state index contributed by atoms with van der Waals surface area (Å²) in [6.45, 7) is 3.48. The minimum atomic E-state index is -0.0415. The molecule has 0 aromatic heterocycles. The van der Waals surface area contributed by atoms with Crippen LogP contribution in [0.25, 0.3) is 10.8 Å². The molecule has 152 valence electrons. The normalized spacial score (nSPS) is 10.8. The van der Waals surface area contributed by atoms with E-state index in [1.165, 1.54) is 0 Å². The van der Waals surface area contributed by atoms with Gasteiger partial charge in [-0.15, -0.1) is 0 Å². The lowest BCUT2D eigenvalue weighted by molar-refractivity contribution is 0.0784. The zero-order valence-electron chi connectivity index (χ0n) is 17.4. The van der Waals surface area contributed by atoms with E-state index in [0.29, 0.717) is 25.3 Å². The molecule has 3 aromatic rings. The first-order valence-electron chi connectivity index (χ1n) is 9.62. The van der Waals surface area contributed by atoms with Crippen LogP contribution >= 0.6 is 0 Å². The maximum Gasteiger partial charge on any atom is 0.253 e. The van der Waals surface area contributed by atoms with E-state index in [1.807, 2.05) is 50.4 Å². The van der Waals surface area contributed by atoms with Gasteiger partial charge in [0.25, 0.3) is 5.91 Å². The monoisotopic (exact) mass is 393 g/mol. The Morgan fingerprint density at radius 1 is 0.931 bits per heavy atom. The molecule has 0 N–H and O–H groups in total. The maximum absolute atomic E-state index is 12.9. The number of nitrogens with zero attached hydrogens (tertiary/aromatic N) is 1. The van der Waals surface area contributed by atoms with E-state index in [1.54, 1.807) is 25.2 Å². The van der Waals surface area contributed by atoms with Crippen LogP contribution in [0.4, 0.5) is 0 Å². The van der Waals surface area contributed by atoms with Gasteiger partial charge in [0.1, 0.15) is 11.5 Å². The van der Waals surface area contributed by atoms with Crippen LogP contribution < -0.4 is 9.47 Å². The molecule has 0 fully saturated rings. The second-order valence-corrected chi connectivity index (χ2v) is 6.87. The Morgan fingerprint density at radius 3 is 2.41 bits per heavy atom. The molecule has 0 aliphatic heterocycles. The lowest BCUT2D eigenvalue weighted by Crippen LogP contribution is -2.26. The molecule has 1 amide bonds. The van der Waals surface area contributed by atoms with Gasteiger partial charge >= 0.3 is 0 Å². The Kier molecular flexibility index (Phi) is 6.73. The number of amides is 1. The largest absolute Gasteiger partial charge is 0.497 e. The topological polar surface area (TPSA) is 48.0 Å². The van der Waals surface area contributed by atoms with E-state index < -0.39 is 0 Å². The molecule has 0 spiro atoms. The second kappa shape index (κ2) is 9.43. The predicted molar refractivity (Wildman–Crippen MR) is 115 cm³/mol. The van der Waals surface area contributed by atoms with E-state index in [-0.39, 0.29) is 5.91 Å². The van der Waals surface area contributed by atoms with Crippen molar-refractivity contribution in [3.05, 3.63) is 71.3 Å². The number of ether oxygens (including phenoxy) is 3. The van der Waals surface area contributed by atoms with Crippen molar-refractivity contribution in [3.8, 4) is 11.5 Å². The van der Waals surface area contributed by atoms with Crippen LogP contribution in [-0.4, -0.2) is 38.7 Å². The van der Waals surface area contributed by atoms with E-state index in [9.17, 15) is 4.79 Å². The van der Waals surface area contributed by atoms with Crippen LogP contribution in [0.5, 0.6) is 11.5 Å². The number of benzene rings is 3. The van der Waals surface area contributed by atoms with Gasteiger partial charge in [0.05, 0.1) is 20.8 Å². The first kappa shape index (κ1) is 20.7. The van der Waals surface area contributed by atoms with Crippen molar-refractivity contribution in [2.24, 2.45) is 0 Å². The van der Waals surface area contributed by atoms with Gasteiger partial charge in [0.15, 0.2) is 0 Å². The average Bonchev–Trinajstić information content (AvgIpc) is 2.76. The molecule has 0 aliphatic rings. The van der Waals surface area contributed by atoms with Gasteiger partial charge in [-0.2, -0.15) is 0 Å². The van der Waals surface area contributed by atoms with Crippen molar-refractivity contribution < 1.29 is 19.0 Å². The summed E-state index contributed by atoms with van der Waals surface area (Å²) in [6.07, 6.45) is 0. The van der Waals surface area contributed by atoms with E-state index in [0.717, 1.165) is 33.4 Å². The number of carbonyl (C=O) groups is 1. The van der Waals surface area contributed by atoms with Crippen molar-refractivity contribution >= 4 is 16.7 Å². The summed E-state index contributed by atoms with van der Waals surface area (Å²) in [5, 5.41) is 2.23. The van der Waals surface area contributed by atoms with E-state index in [2.05, 4.69) is 12.1 Å². The smallest absolute Gasteiger partial charge is 0.253 e. The standard InChI is InChI=1S/C24H27NO4/c1-5-29-16-21-13-20(9-11-23(21)28-4)24(26)25(2)15-17-6-7-19-14-22(27-3)10-8-18(19)12-17/h6-14H,5,15-16H2,1-4H3. The Hall–Kier alpha value is -3.05. The zero-order chi connectivity index (χ0) is 20.8. The van der Waals surface area contributed by atoms with E-state index in [4.69, 9.17) is 14.2 Å². The molecule has 0 bridgehead atoms. The van der Waals surface area contributed by atoms with Crippen molar-refractivity contribution in [3.63, 3.8) is 0 Å². The Labute approximate surface area is 171 Å². The summed E-state index contributed by atoms with van der Waals surface area (Å²) in [5.74, 6) is 1.52. The Bertz CT molecular complexity index is 999. The van der Waals surface area contributed by atoms with Crippen molar-refractivity contribution in [1.29, 1.82) is 0 Å². The highest BCUT2D eigenvalue weighted by Crippen LogP contribution is 2.24. The van der Waals surface area contributed by atoms with Crippen LogP contribution in [0.2, 0.25) is 0 Å². The van der Waals surface area contributed by atoms with Crippen LogP contribution in [0.1, 0.15) is 28.4 Å². The van der Waals surface area contributed by atoms with Crippen molar-refractivity contribution in [2.45, 2.75) is 20.1 Å². The molecule has 29 heavy (non-hydrogen) atoms. The predicted octanol–water partition coefficient (Wildman–Crippen LogP) is 4.67. The van der Waals surface area contributed by atoms with Gasteiger partial charge in [-0.25, -0.2) is 0 Å². The van der Waals surface area contributed by atoms with Gasteiger partial charge in [0.2, 0.25) is 0 Å². The summed E-state index contributed by atoms with van der Waals surface area (Å²) in [6, 6.07) is 17.6. The fourth-order valence-corrected chi connectivity index (χ4v) is 3.30. The fourth-order valence-electron chi connectivity index (χ4n) is 3.30. The highest BCUT2D eigenvalue weighted by molar-refractivity contribution is 5.94.